The van der Waals surface area contributed by atoms with Gasteiger partial charge in [0.25, 0.3) is 5.91 Å². The van der Waals surface area contributed by atoms with E-state index in [9.17, 15) is 9.59 Å². The first-order valence-corrected chi connectivity index (χ1v) is 12.2. The molecule has 0 atom stereocenters. The lowest BCUT2D eigenvalue weighted by Gasteiger charge is -2.34. The molecule has 0 radical (unpaired) electrons. The van der Waals surface area contributed by atoms with Crippen molar-refractivity contribution >= 4 is 29.1 Å². The number of rotatable bonds is 5. The summed E-state index contributed by atoms with van der Waals surface area (Å²) in [5.41, 5.74) is 4.83. The molecule has 1 aromatic carbocycles. The zero-order valence-electron chi connectivity index (χ0n) is 19.1. The Balaban J connectivity index is 1.29. The number of furan rings is 1. The second-order valence-corrected chi connectivity index (χ2v) is 9.22. The smallest absolute Gasteiger partial charge is 0.289 e. The lowest BCUT2D eigenvalue weighted by atomic mass is 10.1. The fourth-order valence-electron chi connectivity index (χ4n) is 4.23. The van der Waals surface area contributed by atoms with Crippen molar-refractivity contribution in [3.63, 3.8) is 0 Å². The topological polar surface area (TPSA) is 84.0 Å². The van der Waals surface area contributed by atoms with Crippen LogP contribution in [0.3, 0.4) is 0 Å². The standard InChI is InChI=1S/C25H25N5O3S/c1-17-15-18(2)27-30-23(17)22(19-7-4-3-5-8-19)26-25(30)34-16-21(31)28-10-12-29(13-11-28)24(32)20-9-6-14-33-20/h3-9,14-15H,10-13,16H2,1-2H3. The number of fused-ring (bicyclic) bond motifs is 1. The minimum absolute atomic E-state index is 0.0254. The average Bonchev–Trinajstić information content (AvgIpc) is 3.51. The maximum absolute atomic E-state index is 12.9. The van der Waals surface area contributed by atoms with E-state index in [-0.39, 0.29) is 17.6 Å². The van der Waals surface area contributed by atoms with Gasteiger partial charge in [0.05, 0.1) is 28.9 Å². The Morgan fingerprint density at radius 2 is 1.74 bits per heavy atom. The van der Waals surface area contributed by atoms with Gasteiger partial charge in [-0.2, -0.15) is 5.10 Å². The molecule has 1 aliphatic rings. The molecule has 1 fully saturated rings. The third-order valence-electron chi connectivity index (χ3n) is 5.90. The lowest BCUT2D eigenvalue weighted by molar-refractivity contribution is -0.129. The summed E-state index contributed by atoms with van der Waals surface area (Å²) >= 11 is 1.39. The number of carbonyl (C=O) groups excluding carboxylic acids is 2. The van der Waals surface area contributed by atoms with Crippen molar-refractivity contribution in [1.29, 1.82) is 0 Å². The molecular formula is C25H25N5O3S. The predicted molar refractivity (Wildman–Crippen MR) is 130 cm³/mol. The van der Waals surface area contributed by atoms with E-state index in [1.165, 1.54) is 18.0 Å². The van der Waals surface area contributed by atoms with E-state index in [2.05, 4.69) is 12.0 Å². The van der Waals surface area contributed by atoms with E-state index in [4.69, 9.17) is 9.40 Å². The molecule has 0 aliphatic carbocycles. The van der Waals surface area contributed by atoms with Gasteiger partial charge in [-0.25, -0.2) is 9.50 Å². The van der Waals surface area contributed by atoms with Gasteiger partial charge in [-0.05, 0) is 37.6 Å². The van der Waals surface area contributed by atoms with Gasteiger partial charge in [0.15, 0.2) is 10.9 Å². The van der Waals surface area contributed by atoms with Crippen LogP contribution in [0.15, 0.2) is 64.4 Å². The SMILES string of the molecule is Cc1cc(C)c2c(-c3ccccc3)nc(SCC(=O)N3CCN(C(=O)c4ccco4)CC3)n2n1. The summed E-state index contributed by atoms with van der Waals surface area (Å²) in [6.45, 7) is 5.99. The molecule has 3 aromatic heterocycles. The molecule has 5 rings (SSSR count). The van der Waals surface area contributed by atoms with Crippen molar-refractivity contribution < 1.29 is 14.0 Å². The highest BCUT2D eigenvalue weighted by molar-refractivity contribution is 7.99. The number of thioether (sulfide) groups is 1. The number of hydrogen-bond acceptors (Lipinski definition) is 6. The first kappa shape index (κ1) is 22.2. The van der Waals surface area contributed by atoms with Crippen molar-refractivity contribution in [2.24, 2.45) is 0 Å². The van der Waals surface area contributed by atoms with Crippen LogP contribution in [0.25, 0.3) is 16.8 Å². The molecule has 0 N–H and O–H groups in total. The number of hydrogen-bond donors (Lipinski definition) is 0. The molecular weight excluding hydrogens is 450 g/mol. The zero-order valence-corrected chi connectivity index (χ0v) is 19.9. The van der Waals surface area contributed by atoms with Gasteiger partial charge in [-0.1, -0.05) is 42.1 Å². The maximum atomic E-state index is 12.9. The van der Waals surface area contributed by atoms with Crippen molar-refractivity contribution in [2.45, 2.75) is 19.0 Å². The fourth-order valence-corrected chi connectivity index (χ4v) is 5.08. The Morgan fingerprint density at radius 1 is 1.00 bits per heavy atom. The summed E-state index contributed by atoms with van der Waals surface area (Å²) in [4.78, 5) is 33.8. The molecule has 1 aliphatic heterocycles. The van der Waals surface area contributed by atoms with Crippen LogP contribution in [0, 0.1) is 13.8 Å². The molecule has 34 heavy (non-hydrogen) atoms. The van der Waals surface area contributed by atoms with Gasteiger partial charge in [0.1, 0.15) is 0 Å². The predicted octanol–water partition coefficient (Wildman–Crippen LogP) is 3.68. The van der Waals surface area contributed by atoms with Crippen molar-refractivity contribution in [3.8, 4) is 11.3 Å². The monoisotopic (exact) mass is 475 g/mol. The maximum Gasteiger partial charge on any atom is 0.289 e. The van der Waals surface area contributed by atoms with E-state index in [1.807, 2.05) is 47.8 Å². The summed E-state index contributed by atoms with van der Waals surface area (Å²) in [7, 11) is 0. The highest BCUT2D eigenvalue weighted by Crippen LogP contribution is 2.31. The molecule has 2 amide bonds. The molecule has 8 nitrogen and oxygen atoms in total. The number of benzene rings is 1. The Hall–Kier alpha value is -3.59. The molecule has 0 spiro atoms. The van der Waals surface area contributed by atoms with E-state index >= 15 is 0 Å². The number of carbonyl (C=O) groups is 2. The van der Waals surface area contributed by atoms with Crippen LogP contribution in [-0.4, -0.2) is 68.1 Å². The van der Waals surface area contributed by atoms with Crippen LogP contribution in [0.4, 0.5) is 0 Å². The van der Waals surface area contributed by atoms with Gasteiger partial charge < -0.3 is 14.2 Å². The van der Waals surface area contributed by atoms with Crippen molar-refractivity contribution in [3.05, 3.63) is 71.8 Å². The molecule has 0 unspecified atom stereocenters. The van der Waals surface area contributed by atoms with E-state index in [0.29, 0.717) is 37.1 Å². The number of amides is 2. The molecule has 0 saturated carbocycles. The van der Waals surface area contributed by atoms with Crippen LogP contribution in [-0.2, 0) is 4.79 Å². The van der Waals surface area contributed by atoms with Crippen molar-refractivity contribution in [2.75, 3.05) is 31.9 Å². The Bertz CT molecular complexity index is 1330. The van der Waals surface area contributed by atoms with Crippen molar-refractivity contribution in [1.82, 2.24) is 24.4 Å². The third kappa shape index (κ3) is 4.31. The quantitative estimate of drug-likeness (QED) is 0.410. The van der Waals surface area contributed by atoms with Crippen LogP contribution in [0.1, 0.15) is 21.8 Å². The first-order chi connectivity index (χ1) is 16.5. The highest BCUT2D eigenvalue weighted by atomic mass is 32.2. The highest BCUT2D eigenvalue weighted by Gasteiger charge is 2.26. The van der Waals surface area contributed by atoms with Gasteiger partial charge >= 0.3 is 0 Å². The number of nitrogens with zero attached hydrogens (tertiary/aromatic N) is 5. The largest absolute Gasteiger partial charge is 0.459 e. The number of aryl methyl sites for hydroxylation is 2. The van der Waals surface area contributed by atoms with E-state index in [0.717, 1.165) is 28.0 Å². The van der Waals surface area contributed by atoms with Gasteiger partial charge in [0, 0.05) is 31.7 Å². The van der Waals surface area contributed by atoms with Gasteiger partial charge in [-0.15, -0.1) is 0 Å². The molecule has 0 bridgehead atoms. The molecule has 4 aromatic rings. The van der Waals surface area contributed by atoms with Gasteiger partial charge in [-0.3, -0.25) is 9.59 Å². The number of imidazole rings is 1. The minimum atomic E-state index is -0.138. The number of aromatic nitrogens is 3. The van der Waals surface area contributed by atoms with Crippen LogP contribution < -0.4 is 0 Å². The Kier molecular flexibility index (Phi) is 6.10. The normalized spacial score (nSPS) is 14.1. The Labute approximate surface area is 201 Å². The molecule has 1 saturated heterocycles. The van der Waals surface area contributed by atoms with E-state index < -0.39 is 0 Å². The average molecular weight is 476 g/mol. The summed E-state index contributed by atoms with van der Waals surface area (Å²) in [5.74, 6) is 0.473. The minimum Gasteiger partial charge on any atom is -0.459 e. The summed E-state index contributed by atoms with van der Waals surface area (Å²) < 4.78 is 7.06. The number of piperazine rings is 1. The summed E-state index contributed by atoms with van der Waals surface area (Å²) in [6, 6.07) is 15.4. The van der Waals surface area contributed by atoms with Crippen LogP contribution >= 0.6 is 11.8 Å². The molecule has 174 valence electrons. The molecule has 9 heteroatoms. The third-order valence-corrected chi connectivity index (χ3v) is 6.82. The summed E-state index contributed by atoms with van der Waals surface area (Å²) in [6.07, 6.45) is 1.49. The zero-order chi connectivity index (χ0) is 23.7. The summed E-state index contributed by atoms with van der Waals surface area (Å²) in [5, 5.41) is 5.38. The van der Waals surface area contributed by atoms with Crippen LogP contribution in [0.5, 0.6) is 0 Å². The second kappa shape index (κ2) is 9.34. The fraction of sp³-hybridized carbons (Fsp3) is 0.280. The molecule has 4 heterocycles. The Morgan fingerprint density at radius 3 is 2.44 bits per heavy atom. The lowest BCUT2D eigenvalue weighted by Crippen LogP contribution is -2.51. The van der Waals surface area contributed by atoms with E-state index in [1.54, 1.807) is 21.9 Å². The first-order valence-electron chi connectivity index (χ1n) is 11.2. The van der Waals surface area contributed by atoms with Crippen LogP contribution in [0.2, 0.25) is 0 Å². The van der Waals surface area contributed by atoms with Gasteiger partial charge in [0.2, 0.25) is 5.91 Å². The second-order valence-electron chi connectivity index (χ2n) is 8.28.